The first kappa shape index (κ1) is 11.8. The Balaban J connectivity index is 3.95. The molecule has 0 fully saturated rings. The van der Waals surface area contributed by atoms with Gasteiger partial charge < -0.3 is 19.3 Å². The van der Waals surface area contributed by atoms with Crippen LogP contribution in [0.25, 0.3) is 0 Å². The molecule has 2 unspecified atom stereocenters. The summed E-state index contributed by atoms with van der Waals surface area (Å²) in [6.45, 7) is 4.35. The van der Waals surface area contributed by atoms with Crippen molar-refractivity contribution in [3.63, 3.8) is 0 Å². The summed E-state index contributed by atoms with van der Waals surface area (Å²) in [6, 6.07) is 0. The van der Waals surface area contributed by atoms with Gasteiger partial charge in [-0.1, -0.05) is 0 Å². The van der Waals surface area contributed by atoms with Gasteiger partial charge in [0, 0.05) is 20.8 Å². The van der Waals surface area contributed by atoms with Crippen molar-refractivity contribution in [2.75, 3.05) is 27.4 Å². The second kappa shape index (κ2) is 5.48. The van der Waals surface area contributed by atoms with Crippen LogP contribution >= 0.6 is 0 Å². The molecule has 0 aliphatic heterocycles. The molecule has 2 atom stereocenters. The highest BCUT2D eigenvalue weighted by molar-refractivity contribution is 4.72. The minimum atomic E-state index is -1.29. The van der Waals surface area contributed by atoms with Gasteiger partial charge >= 0.3 is 0 Å². The third-order valence-electron chi connectivity index (χ3n) is 1.77. The Morgan fingerprint density at radius 2 is 2.00 bits per heavy atom. The van der Waals surface area contributed by atoms with Crippen LogP contribution in [0.1, 0.15) is 13.8 Å². The summed E-state index contributed by atoms with van der Waals surface area (Å²) in [5.41, 5.74) is 0. The Morgan fingerprint density at radius 3 is 2.33 bits per heavy atom. The molecule has 74 valence electrons. The van der Waals surface area contributed by atoms with E-state index in [0.29, 0.717) is 13.2 Å². The second-order valence-corrected chi connectivity index (χ2v) is 2.64. The minimum Gasteiger partial charge on any atom is -0.379 e. The molecule has 1 N–H and O–H groups in total. The molecular formula is C8H18O4. The number of hydrogen-bond donors (Lipinski definition) is 1. The van der Waals surface area contributed by atoms with Crippen molar-refractivity contribution in [2.24, 2.45) is 0 Å². The van der Waals surface area contributed by atoms with E-state index in [1.807, 2.05) is 6.92 Å². The summed E-state index contributed by atoms with van der Waals surface area (Å²) < 4.78 is 15.0. The van der Waals surface area contributed by atoms with Gasteiger partial charge in [0.25, 0.3) is 0 Å². The molecule has 0 saturated carbocycles. The zero-order valence-electron chi connectivity index (χ0n) is 8.16. The van der Waals surface area contributed by atoms with Crippen LogP contribution in [0.2, 0.25) is 0 Å². The Morgan fingerprint density at radius 1 is 1.42 bits per heavy atom. The molecule has 0 aliphatic carbocycles. The average molecular weight is 178 g/mol. The molecule has 0 heterocycles. The van der Waals surface area contributed by atoms with Gasteiger partial charge in [-0.15, -0.1) is 0 Å². The first-order valence-electron chi connectivity index (χ1n) is 3.96. The lowest BCUT2D eigenvalue weighted by Gasteiger charge is -2.29. The molecule has 0 saturated heterocycles. The minimum absolute atomic E-state index is 0.327. The molecule has 0 bridgehead atoms. The molecular weight excluding hydrogens is 160 g/mol. The Labute approximate surface area is 73.4 Å². The zero-order chi connectivity index (χ0) is 9.61. The standard InChI is InChI=1S/C8H18O4/c1-5-12-6-7(10-3)8(2,9)11-4/h7,9H,5-6H2,1-4H3. The van der Waals surface area contributed by atoms with Gasteiger partial charge in [-0.3, -0.25) is 0 Å². The molecule has 4 heteroatoms. The van der Waals surface area contributed by atoms with Crippen LogP contribution in [0.4, 0.5) is 0 Å². The molecule has 0 aromatic carbocycles. The van der Waals surface area contributed by atoms with Gasteiger partial charge in [0.1, 0.15) is 6.10 Å². The summed E-state index contributed by atoms with van der Waals surface area (Å²) in [6.07, 6.45) is -0.456. The molecule has 0 aliphatic rings. The summed E-state index contributed by atoms with van der Waals surface area (Å²) >= 11 is 0. The third kappa shape index (κ3) is 3.49. The van der Waals surface area contributed by atoms with Gasteiger partial charge in [-0.2, -0.15) is 0 Å². The maximum Gasteiger partial charge on any atom is 0.191 e. The first-order valence-corrected chi connectivity index (χ1v) is 3.96. The van der Waals surface area contributed by atoms with Crippen molar-refractivity contribution in [1.82, 2.24) is 0 Å². The van der Waals surface area contributed by atoms with E-state index < -0.39 is 11.9 Å². The lowest BCUT2D eigenvalue weighted by atomic mass is 10.2. The second-order valence-electron chi connectivity index (χ2n) is 2.64. The van der Waals surface area contributed by atoms with Gasteiger partial charge in [0.2, 0.25) is 0 Å². The van der Waals surface area contributed by atoms with E-state index in [2.05, 4.69) is 0 Å². The number of ether oxygens (including phenoxy) is 3. The van der Waals surface area contributed by atoms with Gasteiger partial charge in [-0.05, 0) is 13.8 Å². The fourth-order valence-electron chi connectivity index (χ4n) is 0.798. The summed E-state index contributed by atoms with van der Waals surface area (Å²) in [5.74, 6) is -1.29. The van der Waals surface area contributed by atoms with Crippen molar-refractivity contribution in [1.29, 1.82) is 0 Å². The van der Waals surface area contributed by atoms with Crippen LogP contribution < -0.4 is 0 Å². The van der Waals surface area contributed by atoms with Gasteiger partial charge in [0.15, 0.2) is 5.79 Å². The van der Waals surface area contributed by atoms with Crippen LogP contribution in [0, 0.1) is 0 Å². The number of rotatable bonds is 6. The molecule has 0 aromatic heterocycles. The van der Waals surface area contributed by atoms with E-state index in [1.54, 1.807) is 6.92 Å². The maximum absolute atomic E-state index is 9.58. The predicted octanol–water partition coefficient (Wildman–Crippen LogP) is 0.393. The Hall–Kier alpha value is -0.160. The Kier molecular flexibility index (Phi) is 5.41. The molecule has 0 rings (SSSR count). The Bertz CT molecular complexity index is 114. The van der Waals surface area contributed by atoms with Crippen LogP contribution in [0.3, 0.4) is 0 Å². The molecule has 12 heavy (non-hydrogen) atoms. The highest BCUT2D eigenvalue weighted by atomic mass is 16.6. The molecule has 0 radical (unpaired) electrons. The van der Waals surface area contributed by atoms with Crippen molar-refractivity contribution < 1.29 is 19.3 Å². The van der Waals surface area contributed by atoms with Crippen molar-refractivity contribution >= 4 is 0 Å². The topological polar surface area (TPSA) is 47.9 Å². The number of aliphatic hydroxyl groups is 1. The highest BCUT2D eigenvalue weighted by Crippen LogP contribution is 2.13. The highest BCUT2D eigenvalue weighted by Gasteiger charge is 2.31. The normalized spacial score (nSPS) is 18.8. The number of hydrogen-bond acceptors (Lipinski definition) is 4. The van der Waals surface area contributed by atoms with E-state index in [0.717, 1.165) is 0 Å². The van der Waals surface area contributed by atoms with E-state index in [-0.39, 0.29) is 0 Å². The molecule has 0 spiro atoms. The van der Waals surface area contributed by atoms with E-state index in [1.165, 1.54) is 14.2 Å². The fraction of sp³-hybridized carbons (Fsp3) is 1.00. The largest absolute Gasteiger partial charge is 0.379 e. The lowest BCUT2D eigenvalue weighted by Crippen LogP contribution is -2.45. The van der Waals surface area contributed by atoms with Crippen LogP contribution in [-0.4, -0.2) is 44.4 Å². The third-order valence-corrected chi connectivity index (χ3v) is 1.77. The smallest absolute Gasteiger partial charge is 0.191 e. The molecule has 0 amide bonds. The molecule has 0 aromatic rings. The quantitative estimate of drug-likeness (QED) is 0.598. The van der Waals surface area contributed by atoms with E-state index >= 15 is 0 Å². The first-order chi connectivity index (χ1) is 5.58. The monoisotopic (exact) mass is 178 g/mol. The van der Waals surface area contributed by atoms with Gasteiger partial charge in [0.05, 0.1) is 6.61 Å². The SMILES string of the molecule is CCOCC(OC)C(C)(O)OC. The maximum atomic E-state index is 9.58. The van der Waals surface area contributed by atoms with E-state index in [9.17, 15) is 5.11 Å². The average Bonchev–Trinajstić information content (AvgIpc) is 2.05. The molecule has 4 nitrogen and oxygen atoms in total. The summed E-state index contributed by atoms with van der Waals surface area (Å²) in [7, 11) is 2.94. The number of methoxy groups -OCH3 is 2. The predicted molar refractivity (Wildman–Crippen MR) is 44.9 cm³/mol. The van der Waals surface area contributed by atoms with Crippen LogP contribution in [-0.2, 0) is 14.2 Å². The zero-order valence-corrected chi connectivity index (χ0v) is 8.16. The fourth-order valence-corrected chi connectivity index (χ4v) is 0.798. The van der Waals surface area contributed by atoms with Crippen molar-refractivity contribution in [2.45, 2.75) is 25.7 Å². The van der Waals surface area contributed by atoms with Crippen LogP contribution in [0.15, 0.2) is 0 Å². The van der Waals surface area contributed by atoms with Gasteiger partial charge in [-0.25, -0.2) is 0 Å². The summed E-state index contributed by atoms with van der Waals surface area (Å²) in [5, 5.41) is 9.58. The van der Waals surface area contributed by atoms with E-state index in [4.69, 9.17) is 14.2 Å². The lowest BCUT2D eigenvalue weighted by molar-refractivity contribution is -0.247. The van der Waals surface area contributed by atoms with Crippen molar-refractivity contribution in [3.05, 3.63) is 0 Å². The van der Waals surface area contributed by atoms with Crippen molar-refractivity contribution in [3.8, 4) is 0 Å². The van der Waals surface area contributed by atoms with Crippen LogP contribution in [0.5, 0.6) is 0 Å². The summed E-state index contributed by atoms with van der Waals surface area (Å²) in [4.78, 5) is 0.